The molecular formula is C69H48N2O. The van der Waals surface area contributed by atoms with Gasteiger partial charge < -0.3 is 13.9 Å². The third-order valence-electron chi connectivity index (χ3n) is 16.0. The highest BCUT2D eigenvalue weighted by atomic mass is 16.3. The fourth-order valence-corrected chi connectivity index (χ4v) is 13.2. The molecule has 0 N–H and O–H groups in total. The number of benzene rings is 11. The van der Waals surface area contributed by atoms with E-state index in [1.807, 2.05) is 26.0 Å². The largest absolute Gasteiger partial charge is 0.456 e. The van der Waals surface area contributed by atoms with E-state index in [9.17, 15) is 0 Å². The van der Waals surface area contributed by atoms with Crippen molar-refractivity contribution in [2.24, 2.45) is 0 Å². The molecule has 16 rings (SSSR count). The predicted molar refractivity (Wildman–Crippen MR) is 303 cm³/mol. The summed E-state index contributed by atoms with van der Waals surface area (Å²) in [5.74, 6) is 0. The lowest BCUT2D eigenvalue weighted by Crippen LogP contribution is -2.33. The van der Waals surface area contributed by atoms with Crippen molar-refractivity contribution in [2.75, 3.05) is 4.90 Å². The van der Waals surface area contributed by atoms with E-state index in [1.165, 1.54) is 93.5 Å². The Bertz CT molecular complexity index is 4430. The Morgan fingerprint density at radius 1 is 0.458 bits per heavy atom. The lowest BCUT2D eigenvalue weighted by atomic mass is 9.65. The van der Waals surface area contributed by atoms with E-state index in [0.717, 1.165) is 63.0 Å². The van der Waals surface area contributed by atoms with E-state index in [2.05, 4.69) is 228 Å². The summed E-state index contributed by atoms with van der Waals surface area (Å²) < 4.78 is 8.77. The van der Waals surface area contributed by atoms with Crippen LogP contribution >= 0.6 is 0 Å². The molecule has 3 heterocycles. The first-order valence-electron chi connectivity index (χ1n) is 25.6. The fraction of sp³-hybridized carbons (Fsp3) is 0.0725. The molecule has 13 aromatic rings. The molecule has 72 heavy (non-hydrogen) atoms. The summed E-state index contributed by atoms with van der Waals surface area (Å²) in [6.45, 7) is 4.00. The van der Waals surface area contributed by atoms with Crippen LogP contribution in [0.4, 0.5) is 17.1 Å². The number of aryl methyl sites for hydroxylation is 1. The summed E-state index contributed by atoms with van der Waals surface area (Å²) in [5.41, 5.74) is 21.2. The summed E-state index contributed by atoms with van der Waals surface area (Å²) in [7, 11) is 0. The van der Waals surface area contributed by atoms with Crippen molar-refractivity contribution in [3.05, 3.63) is 258 Å². The normalized spacial score (nSPS) is 15.0. The van der Waals surface area contributed by atoms with Crippen molar-refractivity contribution in [2.45, 2.75) is 32.1 Å². The first-order chi connectivity index (χ1) is 35.7. The molecule has 0 bridgehead atoms. The Morgan fingerprint density at radius 2 is 1.11 bits per heavy atom. The Morgan fingerprint density at radius 3 is 2.00 bits per heavy atom. The lowest BCUT2D eigenvalue weighted by molar-refractivity contribution is 0.669. The molecule has 1 spiro atoms. The second kappa shape index (κ2) is 15.5. The molecule has 11 aromatic carbocycles. The maximum Gasteiger partial charge on any atom is 0.135 e. The van der Waals surface area contributed by atoms with Crippen molar-refractivity contribution >= 4 is 88.4 Å². The molecule has 0 fully saturated rings. The van der Waals surface area contributed by atoms with Gasteiger partial charge >= 0.3 is 0 Å². The van der Waals surface area contributed by atoms with Crippen molar-refractivity contribution in [3.8, 4) is 27.9 Å². The number of fused-ring (bicyclic) bond motifs is 21. The van der Waals surface area contributed by atoms with Crippen molar-refractivity contribution in [3.63, 3.8) is 0 Å². The van der Waals surface area contributed by atoms with Gasteiger partial charge in [0, 0.05) is 38.5 Å². The molecule has 3 heteroatoms. The Hall–Kier alpha value is -8.92. The van der Waals surface area contributed by atoms with Crippen LogP contribution in [-0.2, 0) is 11.8 Å². The molecule has 1 aliphatic heterocycles. The van der Waals surface area contributed by atoms with Crippen LogP contribution in [0.15, 0.2) is 229 Å². The van der Waals surface area contributed by atoms with Gasteiger partial charge in [0.15, 0.2) is 0 Å². The second-order valence-corrected chi connectivity index (χ2v) is 19.4. The van der Waals surface area contributed by atoms with Gasteiger partial charge in [0.05, 0.1) is 27.8 Å². The number of rotatable bonds is 4. The number of allylic oxidation sites excluding steroid dienone is 1. The zero-order valence-electron chi connectivity index (χ0n) is 40.2. The maximum atomic E-state index is 6.24. The number of hydrogen-bond donors (Lipinski definition) is 0. The van der Waals surface area contributed by atoms with Crippen LogP contribution in [0, 0.1) is 0 Å². The van der Waals surface area contributed by atoms with Gasteiger partial charge in [-0.25, -0.2) is 0 Å². The van der Waals surface area contributed by atoms with Gasteiger partial charge in [-0.15, -0.1) is 0 Å². The molecule has 2 aromatic heterocycles. The summed E-state index contributed by atoms with van der Waals surface area (Å²) in [6.07, 6.45) is 6.82. The highest BCUT2D eigenvalue weighted by molar-refractivity contribution is 6.16. The van der Waals surface area contributed by atoms with Crippen molar-refractivity contribution < 1.29 is 4.42 Å². The monoisotopic (exact) mass is 920 g/mol. The zero-order chi connectivity index (χ0) is 47.7. The third kappa shape index (κ3) is 5.45. The van der Waals surface area contributed by atoms with E-state index < -0.39 is 5.41 Å². The fourth-order valence-electron chi connectivity index (χ4n) is 13.2. The van der Waals surface area contributed by atoms with Crippen LogP contribution in [0.2, 0.25) is 0 Å². The molecular weight excluding hydrogens is 873 g/mol. The Kier molecular flexibility index (Phi) is 8.83. The first-order valence-corrected chi connectivity index (χ1v) is 25.6. The number of nitrogens with zero attached hydrogens (tertiary/aromatic N) is 2. The van der Waals surface area contributed by atoms with Gasteiger partial charge in [0.25, 0.3) is 0 Å². The molecule has 340 valence electrons. The van der Waals surface area contributed by atoms with Gasteiger partial charge in [-0.2, -0.15) is 0 Å². The summed E-state index contributed by atoms with van der Waals surface area (Å²) in [6, 6.07) is 81.7. The van der Waals surface area contributed by atoms with Crippen LogP contribution < -0.4 is 4.90 Å². The second-order valence-electron chi connectivity index (χ2n) is 19.4. The molecule has 0 saturated heterocycles. The van der Waals surface area contributed by atoms with Crippen LogP contribution in [0.5, 0.6) is 0 Å². The number of para-hydroxylation sites is 4. The average Bonchev–Trinajstić information content (AvgIpc) is 4.10. The van der Waals surface area contributed by atoms with E-state index in [0.29, 0.717) is 0 Å². The molecule has 3 aliphatic rings. The minimum absolute atomic E-state index is 0.569. The van der Waals surface area contributed by atoms with E-state index in [-0.39, 0.29) is 0 Å². The van der Waals surface area contributed by atoms with Gasteiger partial charge in [-0.1, -0.05) is 184 Å². The zero-order valence-corrected chi connectivity index (χ0v) is 40.2. The highest BCUT2D eigenvalue weighted by Gasteiger charge is 2.51. The number of hydrogen-bond acceptors (Lipinski definition) is 2. The van der Waals surface area contributed by atoms with Crippen LogP contribution in [-0.4, -0.2) is 4.57 Å². The number of aromatic nitrogens is 1. The average molecular weight is 921 g/mol. The van der Waals surface area contributed by atoms with Crippen LogP contribution in [0.25, 0.3) is 99.3 Å². The molecule has 3 nitrogen and oxygen atoms in total. The highest BCUT2D eigenvalue weighted by Crippen LogP contribution is 2.63. The SMILES string of the molecule is C1=Cc2c(c3ccccc3c3ccc(N(c4ccc(-c5ccc6oc7ccccc7c6c5)cc4)c4cccc5c4-c4ccccc4C54c5ccccc5-n5c6ccccc6c6cccc4c65)cc23)CC1.CC. The lowest BCUT2D eigenvalue weighted by Gasteiger charge is -2.39. The molecule has 0 radical (unpaired) electrons. The molecule has 0 amide bonds. The van der Waals surface area contributed by atoms with Gasteiger partial charge in [0.2, 0.25) is 0 Å². The maximum absolute atomic E-state index is 6.24. The van der Waals surface area contributed by atoms with Gasteiger partial charge in [0.1, 0.15) is 11.2 Å². The minimum atomic E-state index is -0.569. The Labute approximate surface area is 418 Å². The van der Waals surface area contributed by atoms with Gasteiger partial charge in [-0.3, -0.25) is 0 Å². The topological polar surface area (TPSA) is 21.3 Å². The summed E-state index contributed by atoms with van der Waals surface area (Å²) in [4.78, 5) is 2.53. The number of anilines is 3. The quantitative estimate of drug-likeness (QED) is 0.164. The smallest absolute Gasteiger partial charge is 0.135 e. The van der Waals surface area contributed by atoms with Gasteiger partial charge in [-0.05, 0) is 145 Å². The van der Waals surface area contributed by atoms with Crippen LogP contribution in [0.1, 0.15) is 53.6 Å². The molecule has 0 saturated carbocycles. The minimum Gasteiger partial charge on any atom is -0.456 e. The molecule has 1 atom stereocenters. The standard InChI is InChI=1S/C67H42N2O.C2H6/c1-2-17-47-45(15-1)46-16-3-4-18-48(46)54-40-44(36-37-49(47)54)68(43-34-31-41(32-35-43)42-33-38-64-55(39-42)51-20-7-12-30-63(51)70-64)62-29-14-25-58-65(62)53-21-5-8-23-56(53)67(58)57-24-9-11-28-61(57)69-60-27-10-6-19-50(60)52-22-13-26-59(67)66(52)69;1-2/h1-2,4-15,17-40H,3,16H2;1-2H3. The van der Waals surface area contributed by atoms with E-state index in [1.54, 1.807) is 0 Å². The van der Waals surface area contributed by atoms with Crippen molar-refractivity contribution in [1.29, 1.82) is 0 Å². The summed E-state index contributed by atoms with van der Waals surface area (Å²) >= 11 is 0. The predicted octanol–water partition coefficient (Wildman–Crippen LogP) is 18.8. The summed E-state index contributed by atoms with van der Waals surface area (Å²) in [5, 5.41) is 10.1. The third-order valence-corrected chi connectivity index (χ3v) is 16.0. The molecule has 1 unspecified atom stereocenters. The van der Waals surface area contributed by atoms with E-state index >= 15 is 0 Å². The first kappa shape index (κ1) is 40.9. The van der Waals surface area contributed by atoms with Crippen LogP contribution in [0.3, 0.4) is 0 Å². The van der Waals surface area contributed by atoms with E-state index in [4.69, 9.17) is 4.42 Å². The number of furan rings is 1. The Balaban J connectivity index is 0.00000229. The molecule has 2 aliphatic carbocycles. The van der Waals surface area contributed by atoms with Crippen molar-refractivity contribution in [1.82, 2.24) is 4.57 Å².